The van der Waals surface area contributed by atoms with Crippen molar-refractivity contribution < 1.29 is 14.4 Å². The molecular weight excluding hydrogens is 372 g/mol. The average Bonchev–Trinajstić information content (AvgIpc) is 2.80. The Morgan fingerprint density at radius 1 is 1.12 bits per heavy atom. The van der Waals surface area contributed by atoms with Crippen LogP contribution in [-0.4, -0.2) is 29.2 Å². The number of ketones is 1. The Balaban J connectivity index is 1.84. The molecule has 0 bridgehead atoms. The highest BCUT2D eigenvalue weighted by Crippen LogP contribution is 2.28. The van der Waals surface area contributed by atoms with Crippen molar-refractivity contribution in [2.45, 2.75) is 12.5 Å². The molecule has 122 valence electrons. The first kappa shape index (κ1) is 16.4. The van der Waals surface area contributed by atoms with Crippen molar-refractivity contribution in [2.75, 3.05) is 6.54 Å². The summed E-state index contributed by atoms with van der Waals surface area (Å²) in [5.74, 6) is -0.723. The van der Waals surface area contributed by atoms with Gasteiger partial charge in [0.15, 0.2) is 5.78 Å². The van der Waals surface area contributed by atoms with Gasteiger partial charge in [0.05, 0.1) is 6.54 Å². The van der Waals surface area contributed by atoms with Gasteiger partial charge in [-0.2, -0.15) is 0 Å². The number of Topliss-reactive ketones (excluding diaryl/α,β-unsaturated/α-hetero) is 1. The van der Waals surface area contributed by atoms with E-state index in [1.807, 2.05) is 6.07 Å². The molecule has 2 aromatic rings. The Hall–Kier alpha value is -2.47. The zero-order chi connectivity index (χ0) is 17.3. The Kier molecular flexibility index (Phi) is 4.24. The first-order chi connectivity index (χ1) is 11.4. The van der Waals surface area contributed by atoms with Crippen LogP contribution in [0, 0.1) is 0 Å². The minimum atomic E-state index is -1.16. The lowest BCUT2D eigenvalue weighted by Gasteiger charge is -2.22. The monoisotopic (exact) mass is 386 g/mol. The fourth-order valence-electron chi connectivity index (χ4n) is 2.70. The largest absolute Gasteiger partial charge is 0.325 e. The third-order valence-corrected chi connectivity index (χ3v) is 4.57. The van der Waals surface area contributed by atoms with Crippen LogP contribution in [0.3, 0.4) is 0 Å². The minimum absolute atomic E-state index is 0.288. The van der Waals surface area contributed by atoms with E-state index in [1.165, 1.54) is 0 Å². The molecule has 1 saturated heterocycles. The molecule has 0 spiro atoms. The number of hydrogen-bond donors (Lipinski definition) is 1. The van der Waals surface area contributed by atoms with Crippen molar-refractivity contribution in [2.24, 2.45) is 0 Å². The lowest BCUT2D eigenvalue weighted by molar-refractivity contribution is -0.130. The van der Waals surface area contributed by atoms with E-state index in [0.29, 0.717) is 11.1 Å². The predicted octanol–water partition coefficient (Wildman–Crippen LogP) is 3.10. The van der Waals surface area contributed by atoms with Gasteiger partial charge in [-0.05, 0) is 24.6 Å². The van der Waals surface area contributed by atoms with Gasteiger partial charge in [0.25, 0.3) is 5.91 Å². The summed E-state index contributed by atoms with van der Waals surface area (Å²) in [7, 11) is 0. The Morgan fingerprint density at radius 2 is 1.83 bits per heavy atom. The van der Waals surface area contributed by atoms with Gasteiger partial charge in [-0.15, -0.1) is 0 Å². The van der Waals surface area contributed by atoms with Gasteiger partial charge in [-0.1, -0.05) is 58.4 Å². The molecule has 1 aliphatic heterocycles. The molecule has 24 heavy (non-hydrogen) atoms. The number of rotatable bonds is 4. The summed E-state index contributed by atoms with van der Waals surface area (Å²) in [6.07, 6.45) is 0. The summed E-state index contributed by atoms with van der Waals surface area (Å²) in [6, 6.07) is 15.3. The molecule has 0 aliphatic carbocycles. The van der Waals surface area contributed by atoms with Crippen molar-refractivity contribution in [3.8, 4) is 0 Å². The molecule has 1 atom stereocenters. The van der Waals surface area contributed by atoms with Crippen molar-refractivity contribution in [3.63, 3.8) is 0 Å². The highest BCUT2D eigenvalue weighted by atomic mass is 79.9. The fourth-order valence-corrected chi connectivity index (χ4v) is 3.10. The molecule has 3 amide bonds. The molecule has 5 nitrogen and oxygen atoms in total. The number of halogens is 1. The molecule has 1 N–H and O–H groups in total. The molecule has 1 aliphatic rings. The van der Waals surface area contributed by atoms with Gasteiger partial charge in [0.2, 0.25) is 0 Å². The standard InChI is InChI=1S/C18H15BrN2O3/c1-18(13-7-3-2-4-8-13)16(23)21(17(24)20-18)11-15(22)12-6-5-9-14(19)10-12/h2-10H,11H2,1H3,(H,20,24)/t18-/m1/s1. The van der Waals surface area contributed by atoms with E-state index in [4.69, 9.17) is 0 Å². The van der Waals surface area contributed by atoms with Gasteiger partial charge >= 0.3 is 6.03 Å². The first-order valence-electron chi connectivity index (χ1n) is 7.40. The lowest BCUT2D eigenvalue weighted by atomic mass is 9.92. The highest BCUT2D eigenvalue weighted by molar-refractivity contribution is 9.10. The Labute approximate surface area is 147 Å². The molecule has 1 fully saturated rings. The van der Waals surface area contributed by atoms with Crippen molar-refractivity contribution in [1.82, 2.24) is 10.2 Å². The van der Waals surface area contributed by atoms with Crippen LogP contribution in [0.2, 0.25) is 0 Å². The van der Waals surface area contributed by atoms with E-state index in [9.17, 15) is 14.4 Å². The summed E-state index contributed by atoms with van der Waals surface area (Å²) in [5.41, 5.74) is -0.0327. The van der Waals surface area contributed by atoms with Crippen LogP contribution in [0.15, 0.2) is 59.1 Å². The van der Waals surface area contributed by atoms with E-state index in [-0.39, 0.29) is 12.3 Å². The number of nitrogens with zero attached hydrogens (tertiary/aromatic N) is 1. The number of nitrogens with one attached hydrogen (secondary N) is 1. The van der Waals surface area contributed by atoms with Crippen LogP contribution in [0.5, 0.6) is 0 Å². The summed E-state index contributed by atoms with van der Waals surface area (Å²) in [5, 5.41) is 2.69. The molecule has 0 unspecified atom stereocenters. The van der Waals surface area contributed by atoms with E-state index in [0.717, 1.165) is 9.37 Å². The maximum atomic E-state index is 12.8. The summed E-state index contributed by atoms with van der Waals surface area (Å²) < 4.78 is 0.764. The number of imide groups is 1. The van der Waals surface area contributed by atoms with Crippen LogP contribution in [-0.2, 0) is 10.3 Å². The predicted molar refractivity (Wildman–Crippen MR) is 92.5 cm³/mol. The molecule has 0 radical (unpaired) electrons. The number of carbonyl (C=O) groups is 3. The van der Waals surface area contributed by atoms with Gasteiger partial charge in [0, 0.05) is 10.0 Å². The SMILES string of the molecule is C[C@]1(c2ccccc2)NC(=O)N(CC(=O)c2cccc(Br)c2)C1=O. The Bertz CT molecular complexity index is 822. The number of carbonyl (C=O) groups excluding carboxylic acids is 3. The van der Waals surface area contributed by atoms with Crippen LogP contribution >= 0.6 is 15.9 Å². The molecule has 3 rings (SSSR count). The van der Waals surface area contributed by atoms with Crippen molar-refractivity contribution >= 4 is 33.7 Å². The van der Waals surface area contributed by atoms with Gasteiger partial charge in [-0.3, -0.25) is 14.5 Å². The molecule has 0 saturated carbocycles. The summed E-state index contributed by atoms with van der Waals surface area (Å²) >= 11 is 3.30. The van der Waals surface area contributed by atoms with Crippen LogP contribution in [0.1, 0.15) is 22.8 Å². The summed E-state index contributed by atoms with van der Waals surface area (Å²) in [6.45, 7) is 1.36. The molecule has 6 heteroatoms. The quantitative estimate of drug-likeness (QED) is 0.648. The molecular formula is C18H15BrN2O3. The fraction of sp³-hybridized carbons (Fsp3) is 0.167. The van der Waals surface area contributed by atoms with E-state index >= 15 is 0 Å². The maximum Gasteiger partial charge on any atom is 0.325 e. The third kappa shape index (κ3) is 2.85. The molecule has 0 aromatic heterocycles. The van der Waals surface area contributed by atoms with Crippen LogP contribution < -0.4 is 5.32 Å². The number of urea groups is 1. The van der Waals surface area contributed by atoms with Crippen LogP contribution in [0.25, 0.3) is 0 Å². The Morgan fingerprint density at radius 3 is 2.50 bits per heavy atom. The second-order valence-electron chi connectivity index (χ2n) is 5.75. The van der Waals surface area contributed by atoms with Gasteiger partial charge in [0.1, 0.15) is 5.54 Å². The highest BCUT2D eigenvalue weighted by Gasteiger charge is 2.49. The lowest BCUT2D eigenvalue weighted by Crippen LogP contribution is -2.41. The number of hydrogen-bond acceptors (Lipinski definition) is 3. The maximum absolute atomic E-state index is 12.8. The van der Waals surface area contributed by atoms with E-state index in [1.54, 1.807) is 55.5 Å². The smallest absolute Gasteiger partial charge is 0.319 e. The van der Waals surface area contributed by atoms with E-state index < -0.39 is 17.5 Å². The zero-order valence-electron chi connectivity index (χ0n) is 13.0. The molecule has 1 heterocycles. The minimum Gasteiger partial charge on any atom is -0.319 e. The van der Waals surface area contributed by atoms with Gasteiger partial charge in [-0.25, -0.2) is 4.79 Å². The molecule has 2 aromatic carbocycles. The normalized spacial score (nSPS) is 20.2. The third-order valence-electron chi connectivity index (χ3n) is 4.07. The van der Waals surface area contributed by atoms with Crippen LogP contribution in [0.4, 0.5) is 4.79 Å². The number of amides is 3. The van der Waals surface area contributed by atoms with Crippen molar-refractivity contribution in [3.05, 3.63) is 70.2 Å². The zero-order valence-corrected chi connectivity index (χ0v) is 14.5. The summed E-state index contributed by atoms with van der Waals surface area (Å²) in [4.78, 5) is 38.4. The topological polar surface area (TPSA) is 66.5 Å². The second-order valence-corrected chi connectivity index (χ2v) is 6.66. The first-order valence-corrected chi connectivity index (χ1v) is 8.19. The average molecular weight is 387 g/mol. The van der Waals surface area contributed by atoms with Crippen molar-refractivity contribution in [1.29, 1.82) is 0 Å². The number of benzene rings is 2. The second kappa shape index (κ2) is 6.20. The van der Waals surface area contributed by atoms with Gasteiger partial charge < -0.3 is 5.32 Å². The van der Waals surface area contributed by atoms with E-state index in [2.05, 4.69) is 21.2 Å².